The molecule has 0 N–H and O–H groups in total. The fourth-order valence-electron chi connectivity index (χ4n) is 1.38. The minimum Gasteiger partial charge on any atom is -0.243 e. The third-order valence-corrected chi connectivity index (χ3v) is 4.06. The summed E-state index contributed by atoms with van der Waals surface area (Å²) in [6.45, 7) is 8.54. The van der Waals surface area contributed by atoms with Gasteiger partial charge in [-0.05, 0) is 19.3 Å². The van der Waals surface area contributed by atoms with E-state index in [1.54, 1.807) is 0 Å². The first-order valence-electron chi connectivity index (χ1n) is 6.39. The maximum Gasteiger partial charge on any atom is 0.0942 e. The molecule has 15 heavy (non-hydrogen) atoms. The first kappa shape index (κ1) is 15.1. The number of nitrogens with zero attached hydrogens (tertiary/aromatic N) is 1. The summed E-state index contributed by atoms with van der Waals surface area (Å²) in [5.74, 6) is 0.851. The predicted molar refractivity (Wildman–Crippen MR) is 69.3 cm³/mol. The lowest BCUT2D eigenvalue weighted by molar-refractivity contribution is 0.422. The minimum absolute atomic E-state index is 0.727. The van der Waals surface area contributed by atoms with Crippen molar-refractivity contribution in [3.63, 3.8) is 0 Å². The van der Waals surface area contributed by atoms with Crippen molar-refractivity contribution in [2.75, 3.05) is 18.8 Å². The van der Waals surface area contributed by atoms with E-state index in [1.165, 1.54) is 25.7 Å². The van der Waals surface area contributed by atoms with Crippen LogP contribution in [0, 0.1) is 0 Å². The summed E-state index contributed by atoms with van der Waals surface area (Å²) in [6.07, 6.45) is 6.94. The summed E-state index contributed by atoms with van der Waals surface area (Å²) in [4.78, 5) is 0. The summed E-state index contributed by atoms with van der Waals surface area (Å²) in [5, 5.41) is 0. The van der Waals surface area contributed by atoms with Gasteiger partial charge in [-0.2, -0.15) is 0 Å². The summed E-state index contributed by atoms with van der Waals surface area (Å²) in [5.41, 5.74) is 0. The highest BCUT2D eigenvalue weighted by Gasteiger charge is 2.10. The molecule has 0 saturated carbocycles. The standard InChI is InChI=1S/C12H27NOS/c1-4-7-10-13(11-8-5-2)15(14)12-9-6-3/h4-12H2,1-3H3. The van der Waals surface area contributed by atoms with Gasteiger partial charge in [-0.15, -0.1) is 0 Å². The average molecular weight is 233 g/mol. The molecule has 0 spiro atoms. The van der Waals surface area contributed by atoms with Gasteiger partial charge in [0.05, 0.1) is 11.0 Å². The van der Waals surface area contributed by atoms with Gasteiger partial charge in [0.2, 0.25) is 0 Å². The lowest BCUT2D eigenvalue weighted by Gasteiger charge is -2.20. The highest BCUT2D eigenvalue weighted by Crippen LogP contribution is 2.05. The molecule has 0 fully saturated rings. The van der Waals surface area contributed by atoms with Crippen molar-refractivity contribution in [3.8, 4) is 0 Å². The second kappa shape index (κ2) is 10.6. The van der Waals surface area contributed by atoms with E-state index in [1.807, 2.05) is 0 Å². The molecule has 3 heteroatoms. The Morgan fingerprint density at radius 2 is 1.33 bits per heavy atom. The van der Waals surface area contributed by atoms with E-state index in [4.69, 9.17) is 0 Å². The quantitative estimate of drug-likeness (QED) is 0.566. The van der Waals surface area contributed by atoms with Crippen molar-refractivity contribution < 1.29 is 4.21 Å². The highest BCUT2D eigenvalue weighted by molar-refractivity contribution is 7.82. The number of hydrogen-bond donors (Lipinski definition) is 0. The summed E-state index contributed by atoms with van der Waals surface area (Å²) < 4.78 is 14.1. The van der Waals surface area contributed by atoms with Crippen LogP contribution >= 0.6 is 0 Å². The molecule has 0 aromatic carbocycles. The monoisotopic (exact) mass is 233 g/mol. The van der Waals surface area contributed by atoms with E-state index in [2.05, 4.69) is 25.1 Å². The Hall–Kier alpha value is 0.110. The van der Waals surface area contributed by atoms with E-state index in [-0.39, 0.29) is 0 Å². The second-order valence-corrected chi connectivity index (χ2v) is 5.58. The fourth-order valence-corrected chi connectivity index (χ4v) is 2.84. The third kappa shape index (κ3) is 7.97. The Kier molecular flexibility index (Phi) is 10.7. The molecule has 1 unspecified atom stereocenters. The van der Waals surface area contributed by atoms with Gasteiger partial charge >= 0.3 is 0 Å². The lowest BCUT2D eigenvalue weighted by atomic mass is 10.3. The topological polar surface area (TPSA) is 20.3 Å². The molecule has 0 aliphatic heterocycles. The molecule has 0 radical (unpaired) electrons. The van der Waals surface area contributed by atoms with Crippen LogP contribution in [0.5, 0.6) is 0 Å². The molecular formula is C12H27NOS. The zero-order valence-corrected chi connectivity index (χ0v) is 11.4. The summed E-state index contributed by atoms with van der Waals surface area (Å²) >= 11 is 0. The first-order chi connectivity index (χ1) is 7.26. The van der Waals surface area contributed by atoms with Gasteiger partial charge in [-0.25, -0.2) is 8.51 Å². The molecule has 92 valence electrons. The molecule has 0 aromatic heterocycles. The SMILES string of the molecule is CCCCN(CCCC)S(=O)CCCC. The Labute approximate surface area is 98.0 Å². The third-order valence-electron chi connectivity index (χ3n) is 2.48. The molecule has 0 rings (SSSR count). The molecule has 0 saturated heterocycles. The average Bonchev–Trinajstić information content (AvgIpc) is 2.26. The van der Waals surface area contributed by atoms with Crippen LogP contribution in [-0.4, -0.2) is 27.4 Å². The van der Waals surface area contributed by atoms with Crippen molar-refractivity contribution in [2.45, 2.75) is 59.3 Å². The van der Waals surface area contributed by atoms with E-state index < -0.39 is 11.0 Å². The van der Waals surface area contributed by atoms with Crippen LogP contribution in [0.25, 0.3) is 0 Å². The summed E-state index contributed by atoms with van der Waals surface area (Å²) in [6, 6.07) is 0. The maximum absolute atomic E-state index is 12.0. The zero-order chi connectivity index (χ0) is 11.5. The van der Waals surface area contributed by atoms with Gasteiger partial charge < -0.3 is 0 Å². The minimum atomic E-state index is -0.727. The van der Waals surface area contributed by atoms with Crippen LogP contribution in [0.2, 0.25) is 0 Å². The van der Waals surface area contributed by atoms with E-state index >= 15 is 0 Å². The van der Waals surface area contributed by atoms with E-state index in [0.29, 0.717) is 0 Å². The molecule has 0 bridgehead atoms. The van der Waals surface area contributed by atoms with Crippen molar-refractivity contribution >= 4 is 11.0 Å². The lowest BCUT2D eigenvalue weighted by Crippen LogP contribution is -2.30. The highest BCUT2D eigenvalue weighted by atomic mass is 32.2. The van der Waals surface area contributed by atoms with E-state index in [9.17, 15) is 4.21 Å². The molecule has 0 aliphatic rings. The Balaban J connectivity index is 3.90. The Bertz CT molecular complexity index is 154. The number of hydrogen-bond acceptors (Lipinski definition) is 1. The normalized spacial score (nSPS) is 13.3. The van der Waals surface area contributed by atoms with Crippen LogP contribution in [0.1, 0.15) is 59.3 Å². The first-order valence-corrected chi connectivity index (χ1v) is 7.67. The van der Waals surface area contributed by atoms with Crippen molar-refractivity contribution in [2.24, 2.45) is 0 Å². The van der Waals surface area contributed by atoms with Crippen LogP contribution in [-0.2, 0) is 11.0 Å². The van der Waals surface area contributed by atoms with Crippen molar-refractivity contribution in [3.05, 3.63) is 0 Å². The van der Waals surface area contributed by atoms with Crippen molar-refractivity contribution in [1.82, 2.24) is 4.31 Å². The molecule has 2 nitrogen and oxygen atoms in total. The zero-order valence-electron chi connectivity index (χ0n) is 10.6. The van der Waals surface area contributed by atoms with Gasteiger partial charge in [0.15, 0.2) is 0 Å². The molecule has 0 amide bonds. The van der Waals surface area contributed by atoms with Gasteiger partial charge in [0.25, 0.3) is 0 Å². The largest absolute Gasteiger partial charge is 0.243 e. The number of rotatable bonds is 10. The van der Waals surface area contributed by atoms with E-state index in [0.717, 1.165) is 31.7 Å². The Morgan fingerprint density at radius 1 is 0.867 bits per heavy atom. The van der Waals surface area contributed by atoms with Gasteiger partial charge in [-0.1, -0.05) is 40.0 Å². The molecule has 0 aromatic rings. The fraction of sp³-hybridized carbons (Fsp3) is 1.00. The predicted octanol–water partition coefficient (Wildman–Crippen LogP) is 3.35. The maximum atomic E-state index is 12.0. The number of unbranched alkanes of at least 4 members (excludes halogenated alkanes) is 3. The summed E-state index contributed by atoms with van der Waals surface area (Å²) in [7, 11) is -0.727. The second-order valence-electron chi connectivity index (χ2n) is 4.02. The van der Waals surface area contributed by atoms with Crippen LogP contribution in [0.4, 0.5) is 0 Å². The molecule has 1 atom stereocenters. The van der Waals surface area contributed by atoms with Crippen LogP contribution in [0.3, 0.4) is 0 Å². The van der Waals surface area contributed by atoms with Crippen LogP contribution in [0.15, 0.2) is 0 Å². The van der Waals surface area contributed by atoms with Gasteiger partial charge in [0, 0.05) is 18.8 Å². The Morgan fingerprint density at radius 3 is 1.73 bits per heavy atom. The van der Waals surface area contributed by atoms with Gasteiger partial charge in [0.1, 0.15) is 0 Å². The van der Waals surface area contributed by atoms with Crippen molar-refractivity contribution in [1.29, 1.82) is 0 Å². The molecule has 0 aliphatic carbocycles. The van der Waals surface area contributed by atoms with Crippen LogP contribution < -0.4 is 0 Å². The molecule has 0 heterocycles. The smallest absolute Gasteiger partial charge is 0.0942 e. The van der Waals surface area contributed by atoms with Gasteiger partial charge in [-0.3, -0.25) is 0 Å². The molecular weight excluding hydrogens is 206 g/mol.